The lowest BCUT2D eigenvalue weighted by atomic mass is 10.00. The van der Waals surface area contributed by atoms with Gasteiger partial charge in [0.1, 0.15) is 17.7 Å². The maximum absolute atomic E-state index is 14.9. The van der Waals surface area contributed by atoms with Gasteiger partial charge in [-0.1, -0.05) is 12.1 Å². The second kappa shape index (κ2) is 6.37. The van der Waals surface area contributed by atoms with Crippen molar-refractivity contribution in [3.63, 3.8) is 0 Å². The van der Waals surface area contributed by atoms with Crippen molar-refractivity contribution >= 4 is 17.6 Å². The van der Waals surface area contributed by atoms with Crippen LogP contribution >= 0.6 is 0 Å². The van der Waals surface area contributed by atoms with Crippen molar-refractivity contribution in [2.24, 2.45) is 0 Å². The number of anilines is 2. The number of aromatic nitrogens is 2. The Morgan fingerprint density at radius 3 is 2.71 bits per heavy atom. The summed E-state index contributed by atoms with van der Waals surface area (Å²) in [5.41, 5.74) is 4.26. The summed E-state index contributed by atoms with van der Waals surface area (Å²) < 4.78 is 20.0. The van der Waals surface area contributed by atoms with Crippen LogP contribution in [0.1, 0.15) is 18.1 Å². The number of carbonyl (C=O) groups is 1. The fourth-order valence-corrected chi connectivity index (χ4v) is 3.88. The van der Waals surface area contributed by atoms with Gasteiger partial charge in [-0.3, -0.25) is 10.00 Å². The standard InChI is InChI=1S/C21H19FN4O2/c1-13-10-26(21(27)28-13)17-4-5-18(19(22)9-17)14-2-3-15-11-25(12-16(15)8-14)20-6-7-23-24-20/h2-9,13H,10-12H2,1H3,(H,23,24)/t13-/m0/s1. The topological polar surface area (TPSA) is 61.5 Å². The van der Waals surface area contributed by atoms with Crippen LogP contribution in [0.3, 0.4) is 0 Å². The molecule has 2 aliphatic rings. The van der Waals surface area contributed by atoms with Gasteiger partial charge in [0.25, 0.3) is 0 Å². The summed E-state index contributed by atoms with van der Waals surface area (Å²) in [5.74, 6) is 0.619. The molecule has 0 spiro atoms. The Balaban J connectivity index is 1.42. The number of aromatic amines is 1. The van der Waals surface area contributed by atoms with Crippen molar-refractivity contribution < 1.29 is 13.9 Å². The SMILES string of the molecule is C[C@H]1CN(c2ccc(-c3ccc4c(c3)CN(c3ccn[nH]3)C4)c(F)c2)C(=O)O1. The normalized spacial score (nSPS) is 18.5. The van der Waals surface area contributed by atoms with Crippen LogP contribution in [0.5, 0.6) is 0 Å². The highest BCUT2D eigenvalue weighted by molar-refractivity contribution is 5.90. The van der Waals surface area contributed by atoms with Gasteiger partial charge in [-0.05, 0) is 47.9 Å². The molecule has 1 fully saturated rings. The number of hydrogen-bond donors (Lipinski definition) is 1. The maximum Gasteiger partial charge on any atom is 0.414 e. The number of fused-ring (bicyclic) bond motifs is 1. The molecule has 2 aromatic carbocycles. The maximum atomic E-state index is 14.9. The monoisotopic (exact) mass is 378 g/mol. The number of nitrogens with zero attached hydrogens (tertiary/aromatic N) is 3. The molecule has 0 bridgehead atoms. The third-order valence-electron chi connectivity index (χ3n) is 5.29. The van der Waals surface area contributed by atoms with E-state index in [0.29, 0.717) is 17.8 Å². The summed E-state index contributed by atoms with van der Waals surface area (Å²) in [6, 6.07) is 12.9. The molecular formula is C21H19FN4O2. The summed E-state index contributed by atoms with van der Waals surface area (Å²) >= 11 is 0. The Morgan fingerprint density at radius 1 is 1.14 bits per heavy atom. The van der Waals surface area contributed by atoms with Crippen LogP contribution in [-0.4, -0.2) is 28.9 Å². The van der Waals surface area contributed by atoms with Gasteiger partial charge >= 0.3 is 6.09 Å². The van der Waals surface area contributed by atoms with Gasteiger partial charge in [0, 0.05) is 24.7 Å². The molecule has 1 amide bonds. The molecule has 1 aromatic heterocycles. The highest BCUT2D eigenvalue weighted by Gasteiger charge is 2.30. The molecule has 1 N–H and O–H groups in total. The first-order valence-electron chi connectivity index (χ1n) is 9.23. The molecule has 0 aliphatic carbocycles. The third kappa shape index (κ3) is 2.79. The minimum Gasteiger partial charge on any atom is -0.444 e. The molecule has 1 saturated heterocycles. The molecule has 142 valence electrons. The van der Waals surface area contributed by atoms with Crippen LogP contribution in [0.25, 0.3) is 11.1 Å². The van der Waals surface area contributed by atoms with Crippen LogP contribution in [-0.2, 0) is 17.8 Å². The third-order valence-corrected chi connectivity index (χ3v) is 5.29. The van der Waals surface area contributed by atoms with E-state index in [1.807, 2.05) is 31.2 Å². The van der Waals surface area contributed by atoms with E-state index in [2.05, 4.69) is 15.1 Å². The highest BCUT2D eigenvalue weighted by atomic mass is 19.1. The molecule has 2 aliphatic heterocycles. The largest absolute Gasteiger partial charge is 0.444 e. The van der Waals surface area contributed by atoms with Crippen molar-refractivity contribution in [1.82, 2.24) is 10.2 Å². The van der Waals surface area contributed by atoms with Crippen LogP contribution < -0.4 is 9.80 Å². The van der Waals surface area contributed by atoms with Gasteiger partial charge in [0.15, 0.2) is 0 Å². The first-order valence-corrected chi connectivity index (χ1v) is 9.23. The first kappa shape index (κ1) is 16.8. The molecule has 0 saturated carbocycles. The Labute approximate surface area is 161 Å². The van der Waals surface area contributed by atoms with Gasteiger partial charge in [0.2, 0.25) is 0 Å². The molecule has 3 heterocycles. The molecule has 7 heteroatoms. The summed E-state index contributed by atoms with van der Waals surface area (Å²) in [7, 11) is 0. The van der Waals surface area contributed by atoms with E-state index < -0.39 is 6.09 Å². The van der Waals surface area contributed by atoms with Crippen LogP contribution in [0.4, 0.5) is 20.7 Å². The predicted molar refractivity (Wildman–Crippen MR) is 104 cm³/mol. The number of nitrogens with one attached hydrogen (secondary N) is 1. The zero-order chi connectivity index (χ0) is 19.3. The number of hydrogen-bond acceptors (Lipinski definition) is 4. The van der Waals surface area contributed by atoms with Crippen molar-refractivity contribution in [1.29, 1.82) is 0 Å². The summed E-state index contributed by atoms with van der Waals surface area (Å²) in [6.07, 6.45) is 1.11. The van der Waals surface area contributed by atoms with Crippen molar-refractivity contribution in [2.75, 3.05) is 16.3 Å². The smallest absolute Gasteiger partial charge is 0.414 e. The van der Waals surface area contributed by atoms with Gasteiger partial charge in [-0.15, -0.1) is 0 Å². The number of halogens is 1. The van der Waals surface area contributed by atoms with E-state index in [1.165, 1.54) is 22.1 Å². The number of amides is 1. The number of benzene rings is 2. The lowest BCUT2D eigenvalue weighted by Gasteiger charge is -2.14. The Hall–Kier alpha value is -3.35. The lowest BCUT2D eigenvalue weighted by Crippen LogP contribution is -2.24. The number of rotatable bonds is 3. The van der Waals surface area contributed by atoms with Gasteiger partial charge < -0.3 is 9.64 Å². The number of carbonyl (C=O) groups excluding carboxylic acids is 1. The minimum absolute atomic E-state index is 0.190. The van der Waals surface area contributed by atoms with E-state index in [9.17, 15) is 9.18 Å². The van der Waals surface area contributed by atoms with Crippen molar-refractivity contribution in [3.8, 4) is 11.1 Å². The van der Waals surface area contributed by atoms with Gasteiger partial charge in [0.05, 0.1) is 18.4 Å². The van der Waals surface area contributed by atoms with Crippen molar-refractivity contribution in [2.45, 2.75) is 26.1 Å². The molecular weight excluding hydrogens is 359 g/mol. The zero-order valence-electron chi connectivity index (χ0n) is 15.4. The summed E-state index contributed by atoms with van der Waals surface area (Å²) in [4.78, 5) is 15.5. The van der Waals surface area contributed by atoms with Crippen LogP contribution in [0, 0.1) is 5.82 Å². The van der Waals surface area contributed by atoms with Crippen molar-refractivity contribution in [3.05, 3.63) is 65.6 Å². The van der Waals surface area contributed by atoms with Gasteiger partial charge in [-0.2, -0.15) is 5.10 Å². The second-order valence-corrected chi connectivity index (χ2v) is 7.25. The van der Waals surface area contributed by atoms with E-state index >= 15 is 0 Å². The fraction of sp³-hybridized carbons (Fsp3) is 0.238. The number of cyclic esters (lactones) is 1. The number of H-pyrrole nitrogens is 1. The first-order chi connectivity index (χ1) is 13.6. The second-order valence-electron chi connectivity index (χ2n) is 7.25. The molecule has 1 atom stereocenters. The molecule has 0 radical (unpaired) electrons. The predicted octanol–water partition coefficient (Wildman–Crippen LogP) is 4.08. The quantitative estimate of drug-likeness (QED) is 0.746. The van der Waals surface area contributed by atoms with E-state index in [0.717, 1.165) is 24.5 Å². The van der Waals surface area contributed by atoms with Crippen LogP contribution in [0.2, 0.25) is 0 Å². The molecule has 0 unspecified atom stereocenters. The zero-order valence-corrected chi connectivity index (χ0v) is 15.4. The average Bonchev–Trinajstić information content (AvgIpc) is 3.40. The Kier molecular flexibility index (Phi) is 3.82. The number of ether oxygens (including phenoxy) is 1. The highest BCUT2D eigenvalue weighted by Crippen LogP contribution is 2.33. The minimum atomic E-state index is -0.434. The Bertz CT molecular complexity index is 1050. The molecule has 5 rings (SSSR count). The summed E-state index contributed by atoms with van der Waals surface area (Å²) in [5, 5.41) is 6.99. The summed E-state index contributed by atoms with van der Waals surface area (Å²) in [6.45, 7) is 3.80. The fourth-order valence-electron chi connectivity index (χ4n) is 3.88. The molecule has 28 heavy (non-hydrogen) atoms. The van der Waals surface area contributed by atoms with E-state index in [-0.39, 0.29) is 11.9 Å². The van der Waals surface area contributed by atoms with E-state index in [4.69, 9.17) is 4.74 Å². The van der Waals surface area contributed by atoms with Crippen LogP contribution in [0.15, 0.2) is 48.7 Å². The average molecular weight is 378 g/mol. The molecule has 6 nitrogen and oxygen atoms in total. The molecule has 3 aromatic rings. The van der Waals surface area contributed by atoms with Gasteiger partial charge in [-0.25, -0.2) is 9.18 Å². The Morgan fingerprint density at radius 2 is 2.00 bits per heavy atom. The van der Waals surface area contributed by atoms with E-state index in [1.54, 1.807) is 18.3 Å². The lowest BCUT2D eigenvalue weighted by molar-refractivity contribution is 0.150.